The van der Waals surface area contributed by atoms with Crippen LogP contribution in [0, 0.1) is 0 Å². The van der Waals surface area contributed by atoms with E-state index in [0.717, 1.165) is 0 Å². The van der Waals surface area contributed by atoms with Crippen molar-refractivity contribution in [3.8, 4) is 0 Å². The first-order valence-electron chi connectivity index (χ1n) is 5.84. The summed E-state index contributed by atoms with van der Waals surface area (Å²) in [5.41, 5.74) is 7.14. The van der Waals surface area contributed by atoms with Crippen LogP contribution in [0.5, 0.6) is 0 Å². The minimum Gasteiger partial charge on any atom is -0.384 e. The van der Waals surface area contributed by atoms with Gasteiger partial charge in [0.15, 0.2) is 5.65 Å². The average Bonchev–Trinajstić information content (AvgIpc) is 2.70. The lowest BCUT2D eigenvalue weighted by molar-refractivity contribution is 0.779. The van der Waals surface area contributed by atoms with E-state index in [-0.39, 0.29) is 12.2 Å². The van der Waals surface area contributed by atoms with Gasteiger partial charge in [-0.2, -0.15) is 0 Å². The van der Waals surface area contributed by atoms with Crippen molar-refractivity contribution in [2.24, 2.45) is 0 Å². The van der Waals surface area contributed by atoms with Gasteiger partial charge < -0.3 is 10.7 Å². The first kappa shape index (κ1) is 13.0. The molecule has 0 fully saturated rings. The van der Waals surface area contributed by atoms with Gasteiger partial charge in [-0.1, -0.05) is 29.3 Å². The molecule has 0 amide bonds. The van der Waals surface area contributed by atoms with Crippen LogP contribution in [0.4, 0.5) is 5.82 Å². The number of rotatable bonds is 2. The largest absolute Gasteiger partial charge is 0.384 e. The number of halogens is 2. The molecule has 20 heavy (non-hydrogen) atoms. The van der Waals surface area contributed by atoms with Crippen LogP contribution in [0.1, 0.15) is 5.56 Å². The summed E-state index contributed by atoms with van der Waals surface area (Å²) >= 11 is 12.3. The first-order valence-corrected chi connectivity index (χ1v) is 6.60. The molecule has 5 nitrogen and oxygen atoms in total. The number of hydrogen-bond donors (Lipinski definition) is 2. The third kappa shape index (κ3) is 2.15. The lowest BCUT2D eigenvalue weighted by Crippen LogP contribution is -2.18. The van der Waals surface area contributed by atoms with E-state index < -0.39 is 0 Å². The van der Waals surface area contributed by atoms with E-state index in [1.807, 2.05) is 0 Å². The first-order chi connectivity index (χ1) is 9.56. The third-order valence-electron chi connectivity index (χ3n) is 3.02. The van der Waals surface area contributed by atoms with E-state index in [4.69, 9.17) is 28.9 Å². The molecular formula is C13H10Cl2N4O. The van der Waals surface area contributed by atoms with Crippen LogP contribution in [0.15, 0.2) is 35.1 Å². The van der Waals surface area contributed by atoms with Crippen LogP contribution in [0.2, 0.25) is 10.0 Å². The number of pyridine rings is 1. The zero-order valence-corrected chi connectivity index (χ0v) is 11.7. The van der Waals surface area contributed by atoms with Crippen molar-refractivity contribution in [3.05, 3.63) is 56.4 Å². The van der Waals surface area contributed by atoms with E-state index in [9.17, 15) is 4.79 Å². The number of aromatic amines is 1. The highest BCUT2D eigenvalue weighted by Crippen LogP contribution is 2.25. The van der Waals surface area contributed by atoms with E-state index in [0.29, 0.717) is 32.6 Å². The van der Waals surface area contributed by atoms with Crippen molar-refractivity contribution in [2.45, 2.75) is 6.54 Å². The molecule has 0 spiro atoms. The number of fused-ring (bicyclic) bond motifs is 1. The fourth-order valence-electron chi connectivity index (χ4n) is 2.03. The monoisotopic (exact) mass is 308 g/mol. The van der Waals surface area contributed by atoms with E-state index in [1.54, 1.807) is 30.3 Å². The van der Waals surface area contributed by atoms with Crippen molar-refractivity contribution in [1.29, 1.82) is 0 Å². The maximum absolute atomic E-state index is 12.0. The van der Waals surface area contributed by atoms with Gasteiger partial charge in [-0.05, 0) is 24.3 Å². The third-order valence-corrected chi connectivity index (χ3v) is 3.73. The Labute approximate surface area is 124 Å². The molecule has 3 N–H and O–H groups in total. The molecule has 3 rings (SSSR count). The summed E-state index contributed by atoms with van der Waals surface area (Å²) in [5.74, 6) is 0.343. The number of nitrogen functional groups attached to an aromatic ring is 1. The summed E-state index contributed by atoms with van der Waals surface area (Å²) in [6, 6.07) is 8.55. The Balaban J connectivity index is 2.18. The molecule has 0 aliphatic rings. The lowest BCUT2D eigenvalue weighted by Gasteiger charge is -2.07. The van der Waals surface area contributed by atoms with Gasteiger partial charge in [0.25, 0.3) is 0 Å². The second-order valence-corrected chi connectivity index (χ2v) is 5.14. The lowest BCUT2D eigenvalue weighted by atomic mass is 10.2. The van der Waals surface area contributed by atoms with Crippen LogP contribution < -0.4 is 11.4 Å². The molecule has 1 aromatic carbocycles. The number of aromatic nitrogens is 3. The number of anilines is 1. The van der Waals surface area contributed by atoms with Crippen molar-refractivity contribution in [3.63, 3.8) is 0 Å². The van der Waals surface area contributed by atoms with Gasteiger partial charge in [0.2, 0.25) is 0 Å². The van der Waals surface area contributed by atoms with E-state index in [2.05, 4.69) is 9.97 Å². The number of hydrogen-bond acceptors (Lipinski definition) is 3. The zero-order chi connectivity index (χ0) is 14.3. The molecule has 0 saturated carbocycles. The Bertz CT molecular complexity index is 833. The minimum atomic E-state index is -0.283. The van der Waals surface area contributed by atoms with Crippen LogP contribution in [-0.2, 0) is 6.54 Å². The predicted octanol–water partition coefficient (Wildman–Crippen LogP) is 2.66. The maximum atomic E-state index is 12.0. The van der Waals surface area contributed by atoms with Crippen molar-refractivity contribution < 1.29 is 0 Å². The average molecular weight is 309 g/mol. The Morgan fingerprint density at radius 2 is 1.90 bits per heavy atom. The fourth-order valence-corrected chi connectivity index (χ4v) is 2.55. The number of H-pyrrole nitrogens is 1. The molecule has 0 bridgehead atoms. The molecule has 2 heterocycles. The molecule has 0 atom stereocenters. The zero-order valence-electron chi connectivity index (χ0n) is 10.2. The van der Waals surface area contributed by atoms with Crippen LogP contribution in [-0.4, -0.2) is 14.5 Å². The molecule has 3 aromatic rings. The summed E-state index contributed by atoms with van der Waals surface area (Å²) in [5, 5.41) is 1.00. The number of nitrogens with one attached hydrogen (secondary N) is 1. The molecular weight excluding hydrogens is 299 g/mol. The molecule has 0 aliphatic heterocycles. The summed E-state index contributed by atoms with van der Waals surface area (Å²) < 4.78 is 1.46. The molecule has 0 unspecified atom stereocenters. The van der Waals surface area contributed by atoms with Gasteiger partial charge in [0, 0.05) is 15.6 Å². The Hall–Kier alpha value is -1.98. The standard InChI is InChI=1S/C13H10Cl2N4O/c14-8-2-1-3-9(15)7(8)6-19-12-10(17-13(19)20)4-5-11(16)18-12/h1-5H,6H2,(H2,16,18)(H,17,20). The van der Waals surface area contributed by atoms with Gasteiger partial charge in [0.05, 0.1) is 12.1 Å². The van der Waals surface area contributed by atoms with Crippen LogP contribution >= 0.6 is 23.2 Å². The molecule has 102 valence electrons. The SMILES string of the molecule is Nc1ccc2[nH]c(=O)n(Cc3c(Cl)cccc3Cl)c2n1. The Morgan fingerprint density at radius 1 is 1.20 bits per heavy atom. The smallest absolute Gasteiger partial charge is 0.327 e. The van der Waals surface area contributed by atoms with Gasteiger partial charge in [-0.15, -0.1) is 0 Å². The van der Waals surface area contributed by atoms with Gasteiger partial charge in [-0.25, -0.2) is 9.78 Å². The normalized spacial score (nSPS) is 11.1. The van der Waals surface area contributed by atoms with Gasteiger partial charge >= 0.3 is 5.69 Å². The molecule has 0 saturated heterocycles. The summed E-state index contributed by atoms with van der Waals surface area (Å²) in [4.78, 5) is 18.9. The van der Waals surface area contributed by atoms with Gasteiger partial charge in [-0.3, -0.25) is 4.57 Å². The highest BCUT2D eigenvalue weighted by molar-refractivity contribution is 6.36. The van der Waals surface area contributed by atoms with E-state index in [1.165, 1.54) is 4.57 Å². The topological polar surface area (TPSA) is 76.7 Å². The van der Waals surface area contributed by atoms with Crippen molar-refractivity contribution in [2.75, 3.05) is 5.73 Å². The summed E-state index contributed by atoms with van der Waals surface area (Å²) in [6.45, 7) is 0.230. The van der Waals surface area contributed by atoms with Crippen molar-refractivity contribution >= 4 is 40.2 Å². The van der Waals surface area contributed by atoms with E-state index >= 15 is 0 Å². The number of benzene rings is 1. The van der Waals surface area contributed by atoms with Crippen LogP contribution in [0.3, 0.4) is 0 Å². The number of nitrogens with two attached hydrogens (primary N) is 1. The second kappa shape index (κ2) is 4.85. The summed E-state index contributed by atoms with van der Waals surface area (Å²) in [6.07, 6.45) is 0. The fraction of sp³-hybridized carbons (Fsp3) is 0.0769. The Kier molecular flexibility index (Phi) is 3.16. The molecule has 0 aliphatic carbocycles. The number of imidazole rings is 1. The minimum absolute atomic E-state index is 0.230. The number of nitrogens with zero attached hydrogens (tertiary/aromatic N) is 2. The highest BCUT2D eigenvalue weighted by Gasteiger charge is 2.12. The predicted molar refractivity (Wildman–Crippen MR) is 80.3 cm³/mol. The maximum Gasteiger partial charge on any atom is 0.327 e. The Morgan fingerprint density at radius 3 is 2.60 bits per heavy atom. The van der Waals surface area contributed by atoms with Crippen LogP contribution in [0.25, 0.3) is 11.2 Å². The molecule has 0 radical (unpaired) electrons. The summed E-state index contributed by atoms with van der Waals surface area (Å²) in [7, 11) is 0. The van der Waals surface area contributed by atoms with Crippen molar-refractivity contribution in [1.82, 2.24) is 14.5 Å². The highest BCUT2D eigenvalue weighted by atomic mass is 35.5. The van der Waals surface area contributed by atoms with Gasteiger partial charge in [0.1, 0.15) is 5.82 Å². The molecule has 7 heteroatoms. The molecule has 2 aromatic heterocycles. The second-order valence-electron chi connectivity index (χ2n) is 4.32. The quantitative estimate of drug-likeness (QED) is 0.764.